The first-order chi connectivity index (χ1) is 24.8. The number of nitrogens with one attached hydrogen (secondary N) is 4. The molecule has 10 nitrogen and oxygen atoms in total. The normalized spacial score (nSPS) is 11.5. The van der Waals surface area contributed by atoms with E-state index in [9.17, 15) is 46.2 Å². The molecule has 0 atom stereocenters. The van der Waals surface area contributed by atoms with E-state index in [0.29, 0.717) is 16.7 Å². The van der Waals surface area contributed by atoms with Gasteiger partial charge in [-0.3, -0.25) is 19.2 Å². The number of H-pyrrole nitrogens is 2. The summed E-state index contributed by atoms with van der Waals surface area (Å²) < 4.78 is 70.5. The number of halogens is 5. The van der Waals surface area contributed by atoms with Gasteiger partial charge in [-0.25, -0.2) is 8.78 Å². The quantitative estimate of drug-likeness (QED) is 0.114. The van der Waals surface area contributed by atoms with Crippen molar-refractivity contribution in [3.05, 3.63) is 140 Å². The predicted octanol–water partition coefficient (Wildman–Crippen LogP) is 7.87. The maximum Gasteiger partial charge on any atom is 0.416 e. The summed E-state index contributed by atoms with van der Waals surface area (Å²) in [5, 5.41) is 14.7. The van der Waals surface area contributed by atoms with Crippen LogP contribution in [0.3, 0.4) is 0 Å². The highest BCUT2D eigenvalue weighted by molar-refractivity contribution is 6.07. The van der Waals surface area contributed by atoms with Gasteiger partial charge in [0.2, 0.25) is 10.9 Å². The number of anilines is 2. The zero-order valence-electron chi connectivity index (χ0n) is 28.5. The molecular weight excluding hydrogens is 703 g/mol. The largest absolute Gasteiger partial charge is 0.508 e. The Morgan fingerprint density at radius 3 is 1.74 bits per heavy atom. The molecule has 0 saturated heterocycles. The smallest absolute Gasteiger partial charge is 0.416 e. The number of rotatable bonds is 5. The van der Waals surface area contributed by atoms with Crippen molar-refractivity contribution < 1.29 is 41.4 Å². The summed E-state index contributed by atoms with van der Waals surface area (Å²) in [6.07, 6.45) is -2.23. The third kappa shape index (κ3) is 8.52. The fraction of sp³-hybridized carbons (Fsp3) is 0.158. The topological polar surface area (TPSA) is 153 Å². The van der Waals surface area contributed by atoms with Crippen LogP contribution in [0.15, 0.2) is 94.8 Å². The second-order valence-electron chi connectivity index (χ2n) is 12.8. The molecule has 6 aromatic rings. The minimum atomic E-state index is -4.65. The second kappa shape index (κ2) is 14.6. The molecule has 0 spiro atoms. The van der Waals surface area contributed by atoms with Crippen LogP contribution in [-0.2, 0) is 11.6 Å². The van der Waals surface area contributed by atoms with Gasteiger partial charge in [-0.15, -0.1) is 0 Å². The predicted molar refractivity (Wildman–Crippen MR) is 190 cm³/mol. The van der Waals surface area contributed by atoms with E-state index in [1.54, 1.807) is 12.1 Å². The Balaban J connectivity index is 0.000000204. The number of aromatic nitrogens is 2. The lowest BCUT2D eigenvalue weighted by Crippen LogP contribution is -2.24. The van der Waals surface area contributed by atoms with Gasteiger partial charge in [0.05, 0.1) is 12.7 Å². The molecule has 0 radical (unpaired) electrons. The van der Waals surface area contributed by atoms with E-state index in [0.717, 1.165) is 42.1 Å². The number of aromatic hydroxyl groups is 1. The molecule has 0 aliphatic heterocycles. The number of hydrogen-bond donors (Lipinski definition) is 5. The number of carbonyl (C=O) groups is 2. The SMILES string of the molecule is CC(C)(C)c1ccc(O)cc1NC(=O)c1c[nH]c2ccc(F)cc2c1=O.COc1cc(NC(=O)c2c[nH]c3ccc(F)cc3c2=O)cc(C(F)(F)F)c1. The third-order valence-electron chi connectivity index (χ3n) is 7.96. The van der Waals surface area contributed by atoms with Gasteiger partial charge >= 0.3 is 6.18 Å². The van der Waals surface area contributed by atoms with Crippen LogP contribution in [0.5, 0.6) is 11.5 Å². The number of hydrogen-bond acceptors (Lipinski definition) is 6. The number of ether oxygens (including phenoxy) is 1. The summed E-state index contributed by atoms with van der Waals surface area (Å²) in [7, 11) is 1.18. The lowest BCUT2D eigenvalue weighted by Gasteiger charge is -2.23. The van der Waals surface area contributed by atoms with Crippen molar-refractivity contribution >= 4 is 45.0 Å². The van der Waals surface area contributed by atoms with Crippen LogP contribution in [0.1, 0.15) is 52.6 Å². The zero-order valence-corrected chi connectivity index (χ0v) is 28.5. The average molecular weight is 735 g/mol. The van der Waals surface area contributed by atoms with Crippen LogP contribution in [0.25, 0.3) is 21.8 Å². The number of methoxy groups -OCH3 is 1. The van der Waals surface area contributed by atoms with E-state index in [2.05, 4.69) is 20.6 Å². The van der Waals surface area contributed by atoms with Gasteiger partial charge in [0.15, 0.2) is 0 Å². The van der Waals surface area contributed by atoms with Crippen LogP contribution < -0.4 is 26.2 Å². The molecule has 6 rings (SSSR count). The second-order valence-corrected chi connectivity index (χ2v) is 12.8. The third-order valence-corrected chi connectivity index (χ3v) is 7.96. The molecule has 0 fully saturated rings. The van der Waals surface area contributed by atoms with Crippen molar-refractivity contribution in [2.75, 3.05) is 17.7 Å². The summed E-state index contributed by atoms with van der Waals surface area (Å²) in [6.45, 7) is 5.92. The molecule has 2 aromatic heterocycles. The number of pyridine rings is 2. The van der Waals surface area contributed by atoms with Crippen molar-refractivity contribution in [2.24, 2.45) is 0 Å². The number of phenols is 1. The summed E-state index contributed by atoms with van der Waals surface area (Å²) >= 11 is 0. The molecular formula is C38H31F5N4O6. The number of carbonyl (C=O) groups excluding carboxylic acids is 2. The Labute approximate surface area is 297 Å². The van der Waals surface area contributed by atoms with Crippen LogP contribution in [0.2, 0.25) is 0 Å². The average Bonchev–Trinajstić information content (AvgIpc) is 3.08. The lowest BCUT2D eigenvalue weighted by atomic mass is 9.85. The van der Waals surface area contributed by atoms with Crippen LogP contribution >= 0.6 is 0 Å². The monoisotopic (exact) mass is 734 g/mol. The standard InChI is InChI=1S/C20H19FN2O3.C18H12F4N2O3/c1-20(2,3)15-6-5-12(24)9-17(15)23-19(26)14-10-22-16-7-4-11(21)8-13(16)18(14)25;1-27-12-5-9(18(20,21)22)4-11(7-12)24-17(26)14-8-23-15-3-2-10(19)6-13(15)16(14)25/h4-10,24H,1-3H3,(H,22,25)(H,23,26);2-8H,1H3,(H,23,25)(H,24,26). The fourth-order valence-corrected chi connectivity index (χ4v) is 5.35. The van der Waals surface area contributed by atoms with Gasteiger partial charge in [-0.05, 0) is 65.6 Å². The van der Waals surface area contributed by atoms with Crippen molar-refractivity contribution in [3.8, 4) is 11.5 Å². The van der Waals surface area contributed by atoms with Crippen molar-refractivity contribution in [1.29, 1.82) is 0 Å². The van der Waals surface area contributed by atoms with Crippen molar-refractivity contribution in [3.63, 3.8) is 0 Å². The molecule has 4 aromatic carbocycles. The molecule has 5 N–H and O–H groups in total. The summed E-state index contributed by atoms with van der Waals surface area (Å²) in [5.74, 6) is -2.90. The summed E-state index contributed by atoms with van der Waals surface area (Å²) in [4.78, 5) is 55.5. The minimum Gasteiger partial charge on any atom is -0.508 e. The maximum absolute atomic E-state index is 13.4. The molecule has 15 heteroatoms. The van der Waals surface area contributed by atoms with Gasteiger partial charge < -0.3 is 30.4 Å². The molecule has 2 amide bonds. The Kier molecular flexibility index (Phi) is 10.4. The first kappa shape index (κ1) is 37.7. The molecule has 0 bridgehead atoms. The number of phenolic OH excluding ortho intramolecular Hbond substituents is 1. The van der Waals surface area contributed by atoms with E-state index in [1.807, 2.05) is 20.8 Å². The number of amides is 2. The lowest BCUT2D eigenvalue weighted by molar-refractivity contribution is -0.137. The Morgan fingerprint density at radius 1 is 0.717 bits per heavy atom. The number of benzene rings is 4. The highest BCUT2D eigenvalue weighted by Gasteiger charge is 2.32. The van der Waals surface area contributed by atoms with Gasteiger partial charge in [0.25, 0.3) is 11.8 Å². The first-order valence-electron chi connectivity index (χ1n) is 15.7. The fourth-order valence-electron chi connectivity index (χ4n) is 5.35. The van der Waals surface area contributed by atoms with Gasteiger partial charge in [-0.2, -0.15) is 13.2 Å². The highest BCUT2D eigenvalue weighted by Crippen LogP contribution is 2.35. The Morgan fingerprint density at radius 2 is 1.25 bits per heavy atom. The van der Waals surface area contributed by atoms with Crippen LogP contribution in [0, 0.1) is 11.6 Å². The molecule has 0 aliphatic carbocycles. The van der Waals surface area contributed by atoms with E-state index < -0.39 is 46.0 Å². The van der Waals surface area contributed by atoms with Crippen molar-refractivity contribution in [1.82, 2.24) is 9.97 Å². The maximum atomic E-state index is 13.4. The Bertz CT molecular complexity index is 2500. The van der Waals surface area contributed by atoms with E-state index in [-0.39, 0.29) is 44.5 Å². The van der Waals surface area contributed by atoms with E-state index >= 15 is 0 Å². The highest BCUT2D eigenvalue weighted by atomic mass is 19.4. The molecule has 0 aliphatic rings. The summed E-state index contributed by atoms with van der Waals surface area (Å²) in [5.41, 5.74) is -1.33. The number of aromatic amines is 2. The Hall–Kier alpha value is -6.51. The van der Waals surface area contributed by atoms with Gasteiger partial charge in [-0.1, -0.05) is 26.8 Å². The van der Waals surface area contributed by atoms with Crippen LogP contribution in [-0.4, -0.2) is 34.0 Å². The molecule has 2 heterocycles. The van der Waals surface area contributed by atoms with E-state index in [1.165, 1.54) is 43.6 Å². The van der Waals surface area contributed by atoms with Gasteiger partial charge in [0.1, 0.15) is 34.3 Å². The molecule has 53 heavy (non-hydrogen) atoms. The van der Waals surface area contributed by atoms with Gasteiger partial charge in [0, 0.05) is 57.7 Å². The zero-order chi connectivity index (χ0) is 38.8. The molecule has 274 valence electrons. The van der Waals surface area contributed by atoms with E-state index in [4.69, 9.17) is 4.74 Å². The first-order valence-corrected chi connectivity index (χ1v) is 15.7. The number of fused-ring (bicyclic) bond motifs is 2. The van der Waals surface area contributed by atoms with Crippen molar-refractivity contribution in [2.45, 2.75) is 32.4 Å². The number of alkyl halides is 3. The van der Waals surface area contributed by atoms with Crippen LogP contribution in [0.4, 0.5) is 33.3 Å². The summed E-state index contributed by atoms with van der Waals surface area (Å²) in [6, 6.07) is 14.6. The minimum absolute atomic E-state index is 0.00259. The molecule has 0 saturated carbocycles. The molecule has 0 unspecified atom stereocenters.